The van der Waals surface area contributed by atoms with Crippen molar-refractivity contribution in [1.29, 1.82) is 0 Å². The van der Waals surface area contributed by atoms with Crippen molar-refractivity contribution in [2.45, 2.75) is 31.7 Å². The molecule has 1 aromatic rings. The molecule has 0 amide bonds. The molecule has 1 aromatic carbocycles. The normalized spacial score (nSPS) is 15.9. The number of halogens is 2. The first-order valence-electron chi connectivity index (χ1n) is 5.59. The van der Waals surface area contributed by atoms with Crippen molar-refractivity contribution in [2.75, 3.05) is 7.11 Å². The van der Waals surface area contributed by atoms with Crippen LogP contribution < -0.4 is 5.73 Å². The Morgan fingerprint density at radius 3 is 2.61 bits per heavy atom. The van der Waals surface area contributed by atoms with Gasteiger partial charge in [-0.3, -0.25) is 4.79 Å². The van der Waals surface area contributed by atoms with Crippen LogP contribution in [0.2, 0.25) is 10.0 Å². The third kappa shape index (κ3) is 2.97. The van der Waals surface area contributed by atoms with Crippen LogP contribution in [0.15, 0.2) is 18.2 Å². The number of methoxy groups -OCH3 is 1. The fraction of sp³-hybridized carbons (Fsp3) is 0.462. The molecule has 0 heterocycles. The van der Waals surface area contributed by atoms with Gasteiger partial charge in [-0.15, -0.1) is 0 Å². The maximum atomic E-state index is 11.5. The smallest absolute Gasteiger partial charge is 0.306 e. The topological polar surface area (TPSA) is 52.3 Å². The van der Waals surface area contributed by atoms with Crippen LogP contribution in [0.4, 0.5) is 0 Å². The highest BCUT2D eigenvalue weighted by Gasteiger charge is 2.36. The summed E-state index contributed by atoms with van der Waals surface area (Å²) < 4.78 is 4.72. The number of hydrogen-bond donors (Lipinski definition) is 1. The monoisotopic (exact) mass is 289 g/mol. The van der Waals surface area contributed by atoms with Gasteiger partial charge in [-0.2, -0.15) is 0 Å². The van der Waals surface area contributed by atoms with Crippen LogP contribution in [0, 0.1) is 0 Å². The Labute approximate surface area is 117 Å². The first kappa shape index (κ1) is 15.3. The summed E-state index contributed by atoms with van der Waals surface area (Å²) in [5, 5.41) is 0.883. The molecule has 0 fully saturated rings. The predicted molar refractivity (Wildman–Crippen MR) is 74.1 cm³/mol. The number of rotatable bonds is 4. The summed E-state index contributed by atoms with van der Waals surface area (Å²) in [4.78, 5) is 11.5. The van der Waals surface area contributed by atoms with E-state index in [0.717, 1.165) is 5.56 Å². The van der Waals surface area contributed by atoms with E-state index in [1.54, 1.807) is 12.1 Å². The van der Waals surface area contributed by atoms with E-state index in [0.29, 0.717) is 10.0 Å². The van der Waals surface area contributed by atoms with E-state index in [1.807, 2.05) is 19.9 Å². The summed E-state index contributed by atoms with van der Waals surface area (Å²) in [5.74, 6) is -0.328. The average molecular weight is 290 g/mol. The van der Waals surface area contributed by atoms with Crippen LogP contribution in [0.25, 0.3) is 0 Å². The van der Waals surface area contributed by atoms with Gasteiger partial charge in [-0.1, -0.05) is 42.3 Å². The molecule has 0 radical (unpaired) electrons. The molecule has 0 aromatic heterocycles. The zero-order valence-corrected chi connectivity index (χ0v) is 12.2. The third-order valence-corrected chi connectivity index (χ3v) is 4.13. The average Bonchev–Trinajstić information content (AvgIpc) is 2.32. The number of ether oxygens (including phenoxy) is 1. The van der Waals surface area contributed by atoms with E-state index in [1.165, 1.54) is 7.11 Å². The van der Waals surface area contributed by atoms with E-state index < -0.39 is 5.41 Å². The summed E-state index contributed by atoms with van der Waals surface area (Å²) >= 11 is 12.2. The molecule has 2 atom stereocenters. The number of benzene rings is 1. The van der Waals surface area contributed by atoms with Gasteiger partial charge in [0.05, 0.1) is 23.6 Å². The molecule has 0 aliphatic carbocycles. The molecule has 0 aliphatic rings. The SMILES string of the molecule is COC(=O)CC(C)(c1cccc(Cl)c1Cl)C(C)N. The minimum Gasteiger partial charge on any atom is -0.469 e. The van der Waals surface area contributed by atoms with Crippen molar-refractivity contribution in [3.63, 3.8) is 0 Å². The first-order valence-corrected chi connectivity index (χ1v) is 6.35. The van der Waals surface area contributed by atoms with Gasteiger partial charge < -0.3 is 10.5 Å². The van der Waals surface area contributed by atoms with Gasteiger partial charge in [0.25, 0.3) is 0 Å². The number of esters is 1. The molecule has 5 heteroatoms. The van der Waals surface area contributed by atoms with E-state index >= 15 is 0 Å². The van der Waals surface area contributed by atoms with Crippen molar-refractivity contribution in [3.05, 3.63) is 33.8 Å². The van der Waals surface area contributed by atoms with E-state index in [4.69, 9.17) is 33.7 Å². The second-order valence-electron chi connectivity index (χ2n) is 4.56. The van der Waals surface area contributed by atoms with Crippen LogP contribution in [0.5, 0.6) is 0 Å². The van der Waals surface area contributed by atoms with Crippen molar-refractivity contribution >= 4 is 29.2 Å². The first-order chi connectivity index (χ1) is 8.32. The van der Waals surface area contributed by atoms with Crippen LogP contribution in [0.1, 0.15) is 25.8 Å². The molecule has 0 spiro atoms. The molecular formula is C13H17Cl2NO2. The lowest BCUT2D eigenvalue weighted by molar-refractivity contribution is -0.142. The zero-order valence-electron chi connectivity index (χ0n) is 10.7. The lowest BCUT2D eigenvalue weighted by atomic mass is 9.74. The molecule has 2 unspecified atom stereocenters. The Morgan fingerprint density at radius 2 is 2.11 bits per heavy atom. The fourth-order valence-corrected chi connectivity index (χ4v) is 2.33. The highest BCUT2D eigenvalue weighted by atomic mass is 35.5. The molecule has 18 heavy (non-hydrogen) atoms. The highest BCUT2D eigenvalue weighted by Crippen LogP contribution is 2.38. The molecule has 0 aliphatic heterocycles. The molecule has 2 N–H and O–H groups in total. The van der Waals surface area contributed by atoms with Crippen molar-refractivity contribution in [3.8, 4) is 0 Å². The van der Waals surface area contributed by atoms with E-state index in [9.17, 15) is 4.79 Å². The molecule has 3 nitrogen and oxygen atoms in total. The summed E-state index contributed by atoms with van der Waals surface area (Å²) in [6.45, 7) is 3.71. The van der Waals surface area contributed by atoms with Crippen LogP contribution in [-0.4, -0.2) is 19.1 Å². The van der Waals surface area contributed by atoms with Crippen molar-refractivity contribution in [1.82, 2.24) is 0 Å². The van der Waals surface area contributed by atoms with Gasteiger partial charge in [0.15, 0.2) is 0 Å². The quantitative estimate of drug-likeness (QED) is 0.867. The minimum atomic E-state index is -0.616. The number of hydrogen-bond acceptors (Lipinski definition) is 3. The van der Waals surface area contributed by atoms with Gasteiger partial charge in [0, 0.05) is 11.5 Å². The maximum Gasteiger partial charge on any atom is 0.306 e. The summed E-state index contributed by atoms with van der Waals surface area (Å²) in [7, 11) is 1.35. The van der Waals surface area contributed by atoms with Gasteiger partial charge in [0.1, 0.15) is 0 Å². The van der Waals surface area contributed by atoms with Crippen molar-refractivity contribution < 1.29 is 9.53 Å². The standard InChI is InChI=1S/C13H17Cl2NO2/c1-8(16)13(2,7-11(17)18-3)9-5-4-6-10(14)12(9)15/h4-6,8H,7,16H2,1-3H3. The zero-order chi connectivity index (χ0) is 13.9. The largest absolute Gasteiger partial charge is 0.469 e. The lowest BCUT2D eigenvalue weighted by Gasteiger charge is -2.34. The predicted octanol–water partition coefficient (Wildman–Crippen LogP) is 3.16. The summed E-state index contributed by atoms with van der Waals surface area (Å²) in [5.41, 5.74) is 6.16. The molecule has 100 valence electrons. The Bertz CT molecular complexity index is 449. The summed E-state index contributed by atoms with van der Waals surface area (Å²) in [6.07, 6.45) is 0.154. The molecule has 0 saturated carbocycles. The Hall–Kier alpha value is -0.770. The van der Waals surface area contributed by atoms with Crippen LogP contribution >= 0.6 is 23.2 Å². The Kier molecular flexibility index (Phi) is 5.02. The minimum absolute atomic E-state index is 0.154. The molecular weight excluding hydrogens is 273 g/mol. The molecule has 0 bridgehead atoms. The van der Waals surface area contributed by atoms with Gasteiger partial charge in [0.2, 0.25) is 0 Å². The lowest BCUT2D eigenvalue weighted by Crippen LogP contribution is -2.43. The second kappa shape index (κ2) is 5.91. The van der Waals surface area contributed by atoms with Gasteiger partial charge >= 0.3 is 5.97 Å². The van der Waals surface area contributed by atoms with E-state index in [-0.39, 0.29) is 18.4 Å². The Morgan fingerprint density at radius 1 is 1.50 bits per heavy atom. The van der Waals surface area contributed by atoms with Gasteiger partial charge in [-0.25, -0.2) is 0 Å². The maximum absolute atomic E-state index is 11.5. The third-order valence-electron chi connectivity index (χ3n) is 3.31. The Balaban J connectivity index is 3.27. The molecule has 1 rings (SSSR count). The molecule has 0 saturated heterocycles. The number of nitrogens with two attached hydrogens (primary N) is 1. The fourth-order valence-electron chi connectivity index (χ4n) is 1.82. The van der Waals surface area contributed by atoms with Crippen LogP contribution in [0.3, 0.4) is 0 Å². The van der Waals surface area contributed by atoms with Crippen molar-refractivity contribution in [2.24, 2.45) is 5.73 Å². The van der Waals surface area contributed by atoms with Gasteiger partial charge in [-0.05, 0) is 18.6 Å². The summed E-state index contributed by atoms with van der Waals surface area (Å²) in [6, 6.07) is 5.06. The van der Waals surface area contributed by atoms with Crippen LogP contribution in [-0.2, 0) is 14.9 Å². The van der Waals surface area contributed by atoms with E-state index in [2.05, 4.69) is 0 Å². The highest BCUT2D eigenvalue weighted by molar-refractivity contribution is 6.42. The number of carbonyl (C=O) groups excluding carboxylic acids is 1. The second-order valence-corrected chi connectivity index (χ2v) is 5.35. The number of carbonyl (C=O) groups is 1.